The number of benzene rings is 1. The lowest BCUT2D eigenvalue weighted by molar-refractivity contribution is -0.127. The second-order valence-corrected chi connectivity index (χ2v) is 5.58. The van der Waals surface area contributed by atoms with Crippen molar-refractivity contribution in [2.75, 3.05) is 13.1 Å². The zero-order chi connectivity index (χ0) is 16.2. The van der Waals surface area contributed by atoms with E-state index in [9.17, 15) is 4.79 Å². The summed E-state index contributed by atoms with van der Waals surface area (Å²) in [6, 6.07) is 7.86. The first kappa shape index (κ1) is 15.3. The normalized spacial score (nSPS) is 15.4. The van der Waals surface area contributed by atoms with Gasteiger partial charge in [-0.05, 0) is 30.3 Å². The number of ether oxygens (including phenoxy) is 1. The fourth-order valence-electron chi connectivity index (χ4n) is 2.76. The van der Waals surface area contributed by atoms with Crippen LogP contribution in [0, 0.1) is 0 Å². The van der Waals surface area contributed by atoms with E-state index in [0.717, 1.165) is 30.0 Å². The second-order valence-electron chi connectivity index (χ2n) is 5.58. The zero-order valence-corrected chi connectivity index (χ0v) is 13.2. The average molecular weight is 312 g/mol. The molecule has 1 saturated heterocycles. The van der Waals surface area contributed by atoms with Crippen LogP contribution in [0.15, 0.2) is 43.2 Å². The largest absolute Gasteiger partial charge is 0.490 e. The van der Waals surface area contributed by atoms with Crippen molar-refractivity contribution in [1.29, 1.82) is 0 Å². The van der Waals surface area contributed by atoms with Gasteiger partial charge in [-0.3, -0.25) is 4.79 Å². The highest BCUT2D eigenvalue weighted by atomic mass is 16.5. The van der Waals surface area contributed by atoms with Gasteiger partial charge in [0.15, 0.2) is 5.82 Å². The smallest absolute Gasteiger partial charge is 0.245 e. The topological polar surface area (TPSA) is 60.3 Å². The number of carbonyl (C=O) groups is 1. The Morgan fingerprint density at radius 3 is 2.57 bits per heavy atom. The molecule has 1 amide bonds. The Labute approximate surface area is 135 Å². The van der Waals surface area contributed by atoms with E-state index < -0.39 is 0 Å². The molecule has 1 aromatic carbocycles. The number of nitrogens with zero attached hydrogens (tertiary/aromatic N) is 4. The van der Waals surface area contributed by atoms with E-state index in [-0.39, 0.29) is 12.0 Å². The minimum atomic E-state index is -0.00326. The number of rotatable bonds is 4. The van der Waals surface area contributed by atoms with Crippen LogP contribution >= 0.6 is 0 Å². The van der Waals surface area contributed by atoms with Crippen molar-refractivity contribution in [2.45, 2.75) is 18.9 Å². The molecule has 3 rings (SSSR count). The summed E-state index contributed by atoms with van der Waals surface area (Å²) in [4.78, 5) is 17.6. The molecular formula is C17H20N4O2. The van der Waals surface area contributed by atoms with E-state index in [1.165, 1.54) is 12.4 Å². The molecule has 0 radical (unpaired) electrons. The van der Waals surface area contributed by atoms with E-state index in [4.69, 9.17) is 4.74 Å². The van der Waals surface area contributed by atoms with Crippen molar-refractivity contribution >= 4 is 5.91 Å². The number of aryl methyl sites for hydroxylation is 1. The van der Waals surface area contributed by atoms with Crippen LogP contribution in [0.3, 0.4) is 0 Å². The standard InChI is InChI=1S/C17H20N4O2/c1-3-16(22)21-10-8-15(9-11-21)23-14-6-4-13(5-7-14)17-18-12-19-20(17)2/h3-7,12,15H,1,8-11H2,2H3. The third-order valence-electron chi connectivity index (χ3n) is 4.05. The van der Waals surface area contributed by atoms with Gasteiger partial charge in [-0.2, -0.15) is 5.10 Å². The van der Waals surface area contributed by atoms with Crippen LogP contribution < -0.4 is 4.74 Å². The van der Waals surface area contributed by atoms with E-state index in [1.54, 1.807) is 4.68 Å². The maximum Gasteiger partial charge on any atom is 0.245 e. The van der Waals surface area contributed by atoms with E-state index in [0.29, 0.717) is 13.1 Å². The molecule has 1 aliphatic heterocycles. The molecule has 1 aliphatic rings. The SMILES string of the molecule is C=CC(=O)N1CCC(Oc2ccc(-c3ncnn3C)cc2)CC1. The molecule has 1 fully saturated rings. The Kier molecular flexibility index (Phi) is 4.41. The lowest BCUT2D eigenvalue weighted by atomic mass is 10.1. The molecule has 0 atom stereocenters. The second kappa shape index (κ2) is 6.64. The summed E-state index contributed by atoms with van der Waals surface area (Å²) in [5.74, 6) is 1.66. The van der Waals surface area contributed by atoms with Crippen LogP contribution in [-0.4, -0.2) is 44.8 Å². The first-order valence-corrected chi connectivity index (χ1v) is 7.70. The van der Waals surface area contributed by atoms with Crippen LogP contribution in [0.4, 0.5) is 0 Å². The molecule has 120 valence electrons. The van der Waals surface area contributed by atoms with Crippen molar-refractivity contribution in [3.8, 4) is 17.1 Å². The summed E-state index contributed by atoms with van der Waals surface area (Å²) in [5, 5.41) is 4.07. The maximum atomic E-state index is 11.6. The van der Waals surface area contributed by atoms with E-state index in [2.05, 4.69) is 16.7 Å². The highest BCUT2D eigenvalue weighted by molar-refractivity contribution is 5.87. The summed E-state index contributed by atoms with van der Waals surface area (Å²) in [7, 11) is 1.87. The minimum absolute atomic E-state index is 0.00326. The first-order valence-electron chi connectivity index (χ1n) is 7.70. The lowest BCUT2D eigenvalue weighted by Crippen LogP contribution is -2.41. The van der Waals surface area contributed by atoms with Gasteiger partial charge in [-0.25, -0.2) is 9.67 Å². The quantitative estimate of drug-likeness (QED) is 0.811. The fourth-order valence-corrected chi connectivity index (χ4v) is 2.76. The number of carbonyl (C=O) groups excluding carboxylic acids is 1. The van der Waals surface area contributed by atoms with Crippen LogP contribution in [0.2, 0.25) is 0 Å². The van der Waals surface area contributed by atoms with Crippen molar-refractivity contribution in [1.82, 2.24) is 19.7 Å². The van der Waals surface area contributed by atoms with Gasteiger partial charge < -0.3 is 9.64 Å². The third kappa shape index (κ3) is 3.41. The van der Waals surface area contributed by atoms with Gasteiger partial charge in [0.25, 0.3) is 0 Å². The molecule has 0 saturated carbocycles. The van der Waals surface area contributed by atoms with Gasteiger partial charge >= 0.3 is 0 Å². The molecule has 0 spiro atoms. The molecule has 6 nitrogen and oxygen atoms in total. The summed E-state index contributed by atoms with van der Waals surface area (Å²) in [6.07, 6.45) is 4.73. The van der Waals surface area contributed by atoms with E-state index in [1.807, 2.05) is 36.2 Å². The van der Waals surface area contributed by atoms with Gasteiger partial charge in [0, 0.05) is 38.5 Å². The predicted octanol–water partition coefficient (Wildman–Crippen LogP) is 2.04. The molecule has 0 unspecified atom stereocenters. The molecule has 6 heteroatoms. The fraction of sp³-hybridized carbons (Fsp3) is 0.353. The van der Waals surface area contributed by atoms with Gasteiger partial charge in [0.2, 0.25) is 5.91 Å². The number of aromatic nitrogens is 3. The minimum Gasteiger partial charge on any atom is -0.490 e. The summed E-state index contributed by atoms with van der Waals surface area (Å²) in [5.41, 5.74) is 1.00. The molecule has 0 N–H and O–H groups in total. The van der Waals surface area contributed by atoms with Crippen LogP contribution in [0.25, 0.3) is 11.4 Å². The van der Waals surface area contributed by atoms with Crippen molar-refractivity contribution in [2.24, 2.45) is 7.05 Å². The highest BCUT2D eigenvalue weighted by Gasteiger charge is 2.22. The van der Waals surface area contributed by atoms with Crippen molar-refractivity contribution < 1.29 is 9.53 Å². The Morgan fingerprint density at radius 1 is 1.30 bits per heavy atom. The average Bonchev–Trinajstić information content (AvgIpc) is 3.01. The third-order valence-corrected chi connectivity index (χ3v) is 4.05. The van der Waals surface area contributed by atoms with Gasteiger partial charge in [-0.15, -0.1) is 0 Å². The number of hydrogen-bond acceptors (Lipinski definition) is 4. The molecule has 0 aliphatic carbocycles. The Balaban J connectivity index is 1.58. The maximum absolute atomic E-state index is 11.6. The van der Waals surface area contributed by atoms with Crippen molar-refractivity contribution in [3.05, 3.63) is 43.2 Å². The van der Waals surface area contributed by atoms with Crippen LogP contribution in [0.5, 0.6) is 5.75 Å². The number of hydrogen-bond donors (Lipinski definition) is 0. The summed E-state index contributed by atoms with van der Waals surface area (Å²) < 4.78 is 7.75. The molecule has 1 aromatic heterocycles. The first-order chi connectivity index (χ1) is 11.2. The van der Waals surface area contributed by atoms with Crippen LogP contribution in [-0.2, 0) is 11.8 Å². The highest BCUT2D eigenvalue weighted by Crippen LogP contribution is 2.23. The Morgan fingerprint density at radius 2 is 2.00 bits per heavy atom. The van der Waals surface area contributed by atoms with Gasteiger partial charge in [0.1, 0.15) is 18.2 Å². The monoisotopic (exact) mass is 312 g/mol. The molecule has 0 bridgehead atoms. The summed E-state index contributed by atoms with van der Waals surface area (Å²) in [6.45, 7) is 4.95. The van der Waals surface area contributed by atoms with Crippen LogP contribution in [0.1, 0.15) is 12.8 Å². The predicted molar refractivity (Wildman–Crippen MR) is 86.9 cm³/mol. The summed E-state index contributed by atoms with van der Waals surface area (Å²) >= 11 is 0. The molecule has 2 aromatic rings. The molecule has 2 heterocycles. The number of piperidine rings is 1. The zero-order valence-electron chi connectivity index (χ0n) is 13.2. The van der Waals surface area contributed by atoms with E-state index >= 15 is 0 Å². The van der Waals surface area contributed by atoms with Crippen molar-refractivity contribution in [3.63, 3.8) is 0 Å². The van der Waals surface area contributed by atoms with Gasteiger partial charge in [0.05, 0.1) is 0 Å². The van der Waals surface area contributed by atoms with Gasteiger partial charge in [-0.1, -0.05) is 6.58 Å². The Hall–Kier alpha value is -2.63. The molecular weight excluding hydrogens is 292 g/mol. The lowest BCUT2D eigenvalue weighted by Gasteiger charge is -2.31. The Bertz CT molecular complexity index is 685. The molecule has 23 heavy (non-hydrogen) atoms. The number of amides is 1. The number of likely N-dealkylation sites (tertiary alicyclic amines) is 1.